The minimum absolute atomic E-state index is 0.117. The fourth-order valence-corrected chi connectivity index (χ4v) is 1.74. The first-order valence-corrected chi connectivity index (χ1v) is 5.31. The van der Waals surface area contributed by atoms with E-state index in [1.54, 1.807) is 0 Å². The maximum Gasteiger partial charge on any atom is 0.309 e. The van der Waals surface area contributed by atoms with Crippen molar-refractivity contribution in [1.29, 1.82) is 0 Å². The van der Waals surface area contributed by atoms with Gasteiger partial charge in [0, 0.05) is 22.7 Å². The molecule has 0 atom stereocenters. The van der Waals surface area contributed by atoms with E-state index in [0.29, 0.717) is 0 Å². The van der Waals surface area contributed by atoms with Gasteiger partial charge in [-0.25, -0.2) is 13.2 Å². The number of nitrogens with zero attached hydrogens (tertiary/aromatic N) is 1. The lowest BCUT2D eigenvalue weighted by Crippen LogP contribution is -2.09. The summed E-state index contributed by atoms with van der Waals surface area (Å²) in [6, 6.07) is 0. The number of hydrogen-bond acceptors (Lipinski definition) is 2. The van der Waals surface area contributed by atoms with Crippen LogP contribution in [0.3, 0.4) is 0 Å². The molecule has 3 nitrogen and oxygen atoms in total. The number of carboxylic acid groups (broad SMARTS) is 1. The van der Waals surface area contributed by atoms with Crippen LogP contribution in [0.2, 0.25) is 0 Å². The highest BCUT2D eigenvalue weighted by molar-refractivity contribution is 9.08. The van der Waals surface area contributed by atoms with Gasteiger partial charge in [0.05, 0.1) is 12.1 Å². The van der Waals surface area contributed by atoms with Gasteiger partial charge >= 0.3 is 5.97 Å². The van der Waals surface area contributed by atoms with Gasteiger partial charge < -0.3 is 5.11 Å². The normalized spacial score (nSPS) is 10.8. The molecule has 0 aliphatic carbocycles. The van der Waals surface area contributed by atoms with Crippen molar-refractivity contribution in [3.05, 3.63) is 28.8 Å². The fraction of sp³-hybridized carbons (Fsp3) is 0.333. The van der Waals surface area contributed by atoms with Crippen molar-refractivity contribution in [3.63, 3.8) is 0 Å². The van der Waals surface area contributed by atoms with E-state index >= 15 is 0 Å². The molecular formula is C9H7BrF3NO2. The second-order valence-electron chi connectivity index (χ2n) is 2.96. The largest absolute Gasteiger partial charge is 0.481 e. The molecule has 0 aliphatic heterocycles. The number of carboxylic acids is 1. The first-order chi connectivity index (χ1) is 7.47. The summed E-state index contributed by atoms with van der Waals surface area (Å²) in [6.45, 7) is 0. The number of hydrogen-bond donors (Lipinski definition) is 1. The molecule has 0 aliphatic rings. The third-order valence-corrected chi connectivity index (χ3v) is 2.47. The Hall–Kier alpha value is -1.11. The van der Waals surface area contributed by atoms with Gasteiger partial charge in [0.15, 0.2) is 0 Å². The molecule has 7 heteroatoms. The summed E-state index contributed by atoms with van der Waals surface area (Å²) >= 11 is 2.88. The molecule has 1 aromatic rings. The highest BCUT2D eigenvalue weighted by atomic mass is 79.9. The van der Waals surface area contributed by atoms with Crippen LogP contribution in [0.1, 0.15) is 23.2 Å². The predicted octanol–water partition coefficient (Wildman–Crippen LogP) is 2.68. The maximum atomic E-state index is 13.6. The van der Waals surface area contributed by atoms with E-state index in [1.165, 1.54) is 0 Å². The van der Waals surface area contributed by atoms with Gasteiger partial charge in [-0.15, -0.1) is 0 Å². The van der Waals surface area contributed by atoms with E-state index < -0.39 is 30.2 Å². The molecule has 1 heterocycles. The molecule has 0 saturated carbocycles. The molecule has 0 radical (unpaired) electrons. The molecule has 0 bridgehead atoms. The molecule has 16 heavy (non-hydrogen) atoms. The lowest BCUT2D eigenvalue weighted by molar-refractivity contribution is -0.136. The Morgan fingerprint density at radius 1 is 1.56 bits per heavy atom. The average Bonchev–Trinajstić information content (AvgIpc) is 2.19. The Morgan fingerprint density at radius 3 is 2.62 bits per heavy atom. The summed E-state index contributed by atoms with van der Waals surface area (Å²) in [4.78, 5) is 13.8. The number of halogens is 4. The molecule has 0 aromatic carbocycles. The molecule has 1 N–H and O–H groups in total. The van der Waals surface area contributed by atoms with Crippen molar-refractivity contribution in [2.24, 2.45) is 0 Å². The highest BCUT2D eigenvalue weighted by Gasteiger charge is 2.20. The number of alkyl halides is 3. The van der Waals surface area contributed by atoms with E-state index in [-0.39, 0.29) is 16.6 Å². The second-order valence-corrected chi connectivity index (χ2v) is 3.52. The number of aliphatic carboxylic acids is 1. The van der Waals surface area contributed by atoms with Crippen molar-refractivity contribution < 1.29 is 23.1 Å². The second kappa shape index (κ2) is 5.29. The van der Waals surface area contributed by atoms with Crippen molar-refractivity contribution >= 4 is 21.9 Å². The van der Waals surface area contributed by atoms with Gasteiger partial charge in [-0.05, 0) is 0 Å². The first-order valence-electron chi connectivity index (χ1n) is 4.19. The Morgan fingerprint density at radius 2 is 2.19 bits per heavy atom. The minimum atomic E-state index is -2.84. The van der Waals surface area contributed by atoms with E-state index in [4.69, 9.17) is 5.11 Å². The fourth-order valence-electron chi connectivity index (χ4n) is 1.17. The zero-order valence-electron chi connectivity index (χ0n) is 7.88. The summed E-state index contributed by atoms with van der Waals surface area (Å²) in [7, 11) is 0. The van der Waals surface area contributed by atoms with Crippen LogP contribution in [0.25, 0.3) is 0 Å². The quantitative estimate of drug-likeness (QED) is 0.869. The van der Waals surface area contributed by atoms with Crippen LogP contribution >= 0.6 is 15.9 Å². The van der Waals surface area contributed by atoms with Crippen LogP contribution in [0.5, 0.6) is 0 Å². The van der Waals surface area contributed by atoms with Gasteiger partial charge in [0.1, 0.15) is 5.82 Å². The number of carbonyl (C=O) groups is 1. The van der Waals surface area contributed by atoms with Crippen LogP contribution in [0, 0.1) is 5.82 Å². The molecule has 0 spiro atoms. The molecule has 0 fully saturated rings. The van der Waals surface area contributed by atoms with Crippen LogP contribution in [0.15, 0.2) is 6.20 Å². The Labute approximate surface area is 97.4 Å². The first kappa shape index (κ1) is 13.0. The number of pyridine rings is 1. The molecule has 88 valence electrons. The van der Waals surface area contributed by atoms with Gasteiger partial charge in [0.25, 0.3) is 6.43 Å². The number of rotatable bonds is 4. The SMILES string of the molecule is O=C(O)Cc1ncc(C(F)F)c(CBr)c1F. The molecule has 0 amide bonds. The molecule has 1 rings (SSSR count). The zero-order chi connectivity index (χ0) is 12.3. The monoisotopic (exact) mass is 297 g/mol. The zero-order valence-corrected chi connectivity index (χ0v) is 9.47. The summed E-state index contributed by atoms with van der Waals surface area (Å²) in [5.41, 5.74) is -1.11. The van der Waals surface area contributed by atoms with E-state index in [1.807, 2.05) is 0 Å². The molecular weight excluding hydrogens is 291 g/mol. The predicted molar refractivity (Wildman–Crippen MR) is 53.1 cm³/mol. The lowest BCUT2D eigenvalue weighted by Gasteiger charge is -2.09. The minimum Gasteiger partial charge on any atom is -0.481 e. The van der Waals surface area contributed by atoms with E-state index in [0.717, 1.165) is 6.20 Å². The number of aromatic nitrogens is 1. The Bertz CT molecular complexity index is 412. The molecule has 1 aromatic heterocycles. The van der Waals surface area contributed by atoms with Crippen LogP contribution in [0.4, 0.5) is 13.2 Å². The maximum absolute atomic E-state index is 13.6. The summed E-state index contributed by atoms with van der Waals surface area (Å²) in [6.07, 6.45) is -2.66. The van der Waals surface area contributed by atoms with Crippen molar-refractivity contribution in [2.75, 3.05) is 0 Å². The van der Waals surface area contributed by atoms with Crippen molar-refractivity contribution in [2.45, 2.75) is 18.2 Å². The topological polar surface area (TPSA) is 50.2 Å². The standard InChI is InChI=1S/C9H7BrF3NO2/c10-2-4-5(9(12)13)3-14-6(8(4)11)1-7(15)16/h3,9H,1-2H2,(H,15,16). The third kappa shape index (κ3) is 2.72. The Kier molecular flexibility index (Phi) is 4.28. The van der Waals surface area contributed by atoms with E-state index in [2.05, 4.69) is 20.9 Å². The lowest BCUT2D eigenvalue weighted by atomic mass is 10.1. The summed E-state index contributed by atoms with van der Waals surface area (Å²) < 4.78 is 38.5. The van der Waals surface area contributed by atoms with Gasteiger partial charge in [0.2, 0.25) is 0 Å². The van der Waals surface area contributed by atoms with Gasteiger partial charge in [-0.2, -0.15) is 0 Å². The molecule has 0 unspecified atom stereocenters. The van der Waals surface area contributed by atoms with Crippen LogP contribution in [-0.2, 0) is 16.5 Å². The third-order valence-electron chi connectivity index (χ3n) is 1.91. The van der Waals surface area contributed by atoms with Crippen LogP contribution < -0.4 is 0 Å². The molecule has 0 saturated heterocycles. The van der Waals surface area contributed by atoms with E-state index in [9.17, 15) is 18.0 Å². The Balaban J connectivity index is 3.23. The highest BCUT2D eigenvalue weighted by Crippen LogP contribution is 2.27. The summed E-state index contributed by atoms with van der Waals surface area (Å²) in [5, 5.41) is 8.35. The van der Waals surface area contributed by atoms with Crippen LogP contribution in [-0.4, -0.2) is 16.1 Å². The summed E-state index contributed by atoms with van der Waals surface area (Å²) in [5.74, 6) is -2.26. The van der Waals surface area contributed by atoms with Gasteiger partial charge in [-0.1, -0.05) is 15.9 Å². The smallest absolute Gasteiger partial charge is 0.309 e. The van der Waals surface area contributed by atoms with Gasteiger partial charge in [-0.3, -0.25) is 9.78 Å². The van der Waals surface area contributed by atoms with Crippen molar-refractivity contribution in [1.82, 2.24) is 4.98 Å². The van der Waals surface area contributed by atoms with Crippen molar-refractivity contribution in [3.8, 4) is 0 Å². The average molecular weight is 298 g/mol.